The van der Waals surface area contributed by atoms with Crippen LogP contribution in [0.4, 0.5) is 5.82 Å². The van der Waals surface area contributed by atoms with E-state index in [0.29, 0.717) is 17.9 Å². The Bertz CT molecular complexity index is 934. The molecule has 1 aromatic carbocycles. The number of amides is 2. The second-order valence-corrected chi connectivity index (χ2v) is 8.59. The summed E-state index contributed by atoms with van der Waals surface area (Å²) in [4.78, 5) is 33.5. The molecular formula is C24H27N3O3. The van der Waals surface area contributed by atoms with Crippen LogP contribution in [0.5, 0.6) is 0 Å². The van der Waals surface area contributed by atoms with Crippen molar-refractivity contribution in [2.45, 2.75) is 56.1 Å². The normalized spacial score (nSPS) is 24.8. The molecule has 1 aromatic heterocycles. The highest BCUT2D eigenvalue weighted by molar-refractivity contribution is 6.05. The summed E-state index contributed by atoms with van der Waals surface area (Å²) in [5.74, 6) is 0.0609. The molecule has 1 saturated carbocycles. The number of pyridine rings is 1. The molecule has 2 amide bonds. The number of hydrogen-bond donors (Lipinski definition) is 1. The number of aromatic nitrogens is 1. The average Bonchev–Trinajstić information content (AvgIpc) is 3.45. The topological polar surface area (TPSA) is 71.5 Å². The van der Waals surface area contributed by atoms with Gasteiger partial charge in [-0.05, 0) is 49.4 Å². The molecule has 2 aromatic rings. The Labute approximate surface area is 176 Å². The zero-order chi connectivity index (χ0) is 20.6. The number of benzene rings is 1. The third-order valence-electron chi connectivity index (χ3n) is 6.88. The summed E-state index contributed by atoms with van der Waals surface area (Å²) in [5.41, 5.74) is 0.964. The van der Waals surface area contributed by atoms with Gasteiger partial charge in [0, 0.05) is 24.9 Å². The standard InChI is InChI=1S/C24H27N3O3/c28-22(26-20-11-3-6-14-25-20)21-18-9-1-2-10-19(18)23(29)27(16-17-8-7-15-30-17)24(21)12-4-5-13-24/h1-3,6,9-11,14,17,21H,4-5,7-8,12-13,15-16H2,(H,25,26,28)/t17-,21+/m0/s1. The van der Waals surface area contributed by atoms with Gasteiger partial charge in [0.1, 0.15) is 5.82 Å². The molecule has 2 aliphatic heterocycles. The minimum absolute atomic E-state index is 0.0323. The fourth-order valence-electron chi connectivity index (χ4n) is 5.56. The van der Waals surface area contributed by atoms with Gasteiger partial charge in [0.15, 0.2) is 0 Å². The first kappa shape index (κ1) is 19.2. The second kappa shape index (κ2) is 7.84. The number of anilines is 1. The van der Waals surface area contributed by atoms with Crippen LogP contribution in [0.2, 0.25) is 0 Å². The number of nitrogens with zero attached hydrogens (tertiary/aromatic N) is 2. The van der Waals surface area contributed by atoms with Gasteiger partial charge in [-0.3, -0.25) is 9.59 Å². The van der Waals surface area contributed by atoms with Gasteiger partial charge < -0.3 is 15.0 Å². The number of hydrogen-bond acceptors (Lipinski definition) is 4. The number of ether oxygens (including phenoxy) is 1. The molecule has 1 spiro atoms. The SMILES string of the molecule is O=C(Nc1ccccn1)[C@H]1c2ccccc2C(=O)N(C[C@@H]2CCCO2)C12CCCC2. The zero-order valence-corrected chi connectivity index (χ0v) is 17.0. The third-order valence-corrected chi connectivity index (χ3v) is 6.88. The van der Waals surface area contributed by atoms with E-state index in [1.54, 1.807) is 12.3 Å². The maximum Gasteiger partial charge on any atom is 0.254 e. The molecule has 1 aliphatic carbocycles. The lowest BCUT2D eigenvalue weighted by Gasteiger charge is -2.50. The number of nitrogens with one attached hydrogen (secondary N) is 1. The van der Waals surface area contributed by atoms with E-state index in [4.69, 9.17) is 4.74 Å². The number of carbonyl (C=O) groups is 2. The van der Waals surface area contributed by atoms with Gasteiger partial charge >= 0.3 is 0 Å². The Morgan fingerprint density at radius 2 is 1.93 bits per heavy atom. The first-order chi connectivity index (χ1) is 14.7. The highest BCUT2D eigenvalue weighted by atomic mass is 16.5. The fraction of sp³-hybridized carbons (Fsp3) is 0.458. The molecule has 0 radical (unpaired) electrons. The quantitative estimate of drug-likeness (QED) is 0.841. The lowest BCUT2D eigenvalue weighted by Crippen LogP contribution is -2.61. The largest absolute Gasteiger partial charge is 0.376 e. The van der Waals surface area contributed by atoms with Crippen molar-refractivity contribution in [3.8, 4) is 0 Å². The lowest BCUT2D eigenvalue weighted by atomic mass is 9.71. The van der Waals surface area contributed by atoms with E-state index in [2.05, 4.69) is 10.3 Å². The van der Waals surface area contributed by atoms with E-state index < -0.39 is 11.5 Å². The van der Waals surface area contributed by atoms with E-state index in [-0.39, 0.29) is 17.9 Å². The molecule has 1 saturated heterocycles. The predicted octanol–water partition coefficient (Wildman–Crippen LogP) is 3.75. The van der Waals surface area contributed by atoms with Crippen LogP contribution in [0.1, 0.15) is 60.4 Å². The van der Waals surface area contributed by atoms with Gasteiger partial charge in [-0.25, -0.2) is 4.98 Å². The summed E-state index contributed by atoms with van der Waals surface area (Å²) < 4.78 is 5.88. The Hall–Kier alpha value is -2.73. The zero-order valence-electron chi connectivity index (χ0n) is 17.0. The second-order valence-electron chi connectivity index (χ2n) is 8.59. The molecule has 3 aliphatic rings. The maximum absolute atomic E-state index is 13.7. The smallest absolute Gasteiger partial charge is 0.254 e. The van der Waals surface area contributed by atoms with Crippen molar-refractivity contribution in [3.63, 3.8) is 0 Å². The van der Waals surface area contributed by atoms with Crippen LogP contribution in [0.15, 0.2) is 48.7 Å². The summed E-state index contributed by atoms with van der Waals surface area (Å²) in [6.07, 6.45) is 7.42. The molecular weight excluding hydrogens is 378 g/mol. The molecule has 2 fully saturated rings. The van der Waals surface area contributed by atoms with Crippen LogP contribution >= 0.6 is 0 Å². The van der Waals surface area contributed by atoms with Crippen molar-refractivity contribution >= 4 is 17.6 Å². The van der Waals surface area contributed by atoms with Gasteiger partial charge in [-0.15, -0.1) is 0 Å². The minimum atomic E-state index is -0.504. The van der Waals surface area contributed by atoms with Crippen molar-refractivity contribution < 1.29 is 14.3 Å². The molecule has 1 N–H and O–H groups in total. The molecule has 6 heteroatoms. The Morgan fingerprint density at radius 1 is 1.13 bits per heavy atom. The molecule has 6 nitrogen and oxygen atoms in total. The highest BCUT2D eigenvalue weighted by Gasteiger charge is 2.56. The molecule has 156 valence electrons. The van der Waals surface area contributed by atoms with Crippen LogP contribution in [-0.4, -0.2) is 46.5 Å². The Morgan fingerprint density at radius 3 is 2.67 bits per heavy atom. The van der Waals surface area contributed by atoms with Crippen molar-refractivity contribution in [1.29, 1.82) is 0 Å². The third kappa shape index (κ3) is 3.19. The van der Waals surface area contributed by atoms with Gasteiger partial charge in [0.25, 0.3) is 5.91 Å². The van der Waals surface area contributed by atoms with E-state index in [9.17, 15) is 9.59 Å². The van der Waals surface area contributed by atoms with E-state index >= 15 is 0 Å². The van der Waals surface area contributed by atoms with Crippen molar-refractivity contribution in [1.82, 2.24) is 9.88 Å². The average molecular weight is 405 g/mol. The molecule has 0 unspecified atom stereocenters. The van der Waals surface area contributed by atoms with E-state index in [0.717, 1.165) is 50.7 Å². The summed E-state index contributed by atoms with van der Waals surface area (Å²) >= 11 is 0. The van der Waals surface area contributed by atoms with Crippen LogP contribution in [0, 0.1) is 0 Å². The Kier molecular flexibility index (Phi) is 5.03. The fourth-order valence-corrected chi connectivity index (χ4v) is 5.56. The molecule has 0 bridgehead atoms. The van der Waals surface area contributed by atoms with Gasteiger partial charge in [-0.1, -0.05) is 37.1 Å². The molecule has 2 atom stereocenters. The summed E-state index contributed by atoms with van der Waals surface area (Å²) in [7, 11) is 0. The van der Waals surface area contributed by atoms with Gasteiger partial charge in [0.05, 0.1) is 17.6 Å². The molecule has 5 rings (SSSR count). The highest BCUT2D eigenvalue weighted by Crippen LogP contribution is 2.50. The van der Waals surface area contributed by atoms with Crippen molar-refractivity contribution in [3.05, 3.63) is 59.8 Å². The van der Waals surface area contributed by atoms with Crippen LogP contribution in [-0.2, 0) is 9.53 Å². The summed E-state index contributed by atoms with van der Waals surface area (Å²) in [6.45, 7) is 1.31. The maximum atomic E-state index is 13.7. The van der Waals surface area contributed by atoms with Gasteiger partial charge in [0.2, 0.25) is 5.91 Å². The Balaban J connectivity index is 1.57. The lowest BCUT2D eigenvalue weighted by molar-refractivity contribution is -0.121. The van der Waals surface area contributed by atoms with Crippen molar-refractivity contribution in [2.24, 2.45) is 0 Å². The summed E-state index contributed by atoms with van der Waals surface area (Å²) in [5, 5.41) is 3.01. The number of rotatable bonds is 4. The first-order valence-corrected chi connectivity index (χ1v) is 10.9. The first-order valence-electron chi connectivity index (χ1n) is 10.9. The van der Waals surface area contributed by atoms with Crippen LogP contribution < -0.4 is 5.32 Å². The van der Waals surface area contributed by atoms with E-state index in [1.807, 2.05) is 41.3 Å². The van der Waals surface area contributed by atoms with Crippen LogP contribution in [0.3, 0.4) is 0 Å². The van der Waals surface area contributed by atoms with Crippen LogP contribution in [0.25, 0.3) is 0 Å². The van der Waals surface area contributed by atoms with E-state index in [1.165, 1.54) is 0 Å². The molecule has 30 heavy (non-hydrogen) atoms. The van der Waals surface area contributed by atoms with Gasteiger partial charge in [-0.2, -0.15) is 0 Å². The summed E-state index contributed by atoms with van der Waals surface area (Å²) in [6, 6.07) is 13.1. The predicted molar refractivity (Wildman–Crippen MR) is 113 cm³/mol. The number of carbonyl (C=O) groups excluding carboxylic acids is 2. The van der Waals surface area contributed by atoms with Crippen molar-refractivity contribution in [2.75, 3.05) is 18.5 Å². The monoisotopic (exact) mass is 405 g/mol. The molecule has 3 heterocycles. The minimum Gasteiger partial charge on any atom is -0.376 e. The number of fused-ring (bicyclic) bond motifs is 1.